The van der Waals surface area contributed by atoms with E-state index in [4.69, 9.17) is 23.2 Å². The van der Waals surface area contributed by atoms with Gasteiger partial charge >= 0.3 is 0 Å². The lowest BCUT2D eigenvalue weighted by Gasteiger charge is -2.06. The van der Waals surface area contributed by atoms with Crippen molar-refractivity contribution >= 4 is 34.8 Å². The van der Waals surface area contributed by atoms with Crippen LogP contribution in [0.4, 0.5) is 5.69 Å². The molecule has 2 aromatic rings. The number of carbonyl (C=O) groups excluding carboxylic acids is 1. The summed E-state index contributed by atoms with van der Waals surface area (Å²) in [6.45, 7) is 1.87. The van der Waals surface area contributed by atoms with E-state index in [1.807, 2.05) is 6.92 Å². The van der Waals surface area contributed by atoms with Crippen molar-refractivity contribution in [2.45, 2.75) is 6.92 Å². The number of H-pyrrole nitrogens is 1. The molecule has 0 unspecified atom stereocenters. The zero-order valence-electron chi connectivity index (χ0n) is 8.92. The smallest absolute Gasteiger partial charge is 0.272 e. The minimum Gasteiger partial charge on any atom is -0.356 e. The number of carbonyl (C=O) groups is 1. The summed E-state index contributed by atoms with van der Waals surface area (Å²) < 4.78 is 0. The monoisotopic (exact) mass is 269 g/mol. The van der Waals surface area contributed by atoms with Gasteiger partial charge in [0.1, 0.15) is 5.69 Å². The number of nitrogens with one attached hydrogen (secondary N) is 2. The maximum atomic E-state index is 11.8. The molecule has 4 nitrogen and oxygen atoms in total. The zero-order chi connectivity index (χ0) is 12.4. The summed E-state index contributed by atoms with van der Waals surface area (Å²) in [5, 5.41) is 3.38. The van der Waals surface area contributed by atoms with Gasteiger partial charge in [0.15, 0.2) is 5.15 Å². The van der Waals surface area contributed by atoms with Gasteiger partial charge in [-0.2, -0.15) is 0 Å². The molecule has 0 fully saturated rings. The first kappa shape index (κ1) is 12.0. The van der Waals surface area contributed by atoms with E-state index in [9.17, 15) is 4.79 Å². The summed E-state index contributed by atoms with van der Waals surface area (Å²) in [6.07, 6.45) is 3.16. The molecule has 17 heavy (non-hydrogen) atoms. The second kappa shape index (κ2) is 4.77. The Morgan fingerprint density at radius 2 is 2.18 bits per heavy atom. The standard InChI is InChI=1S/C11H9Cl2N3O/c1-6-2-8(10(13)15-4-6)16-11(17)9-3-7(12)5-14-9/h2-5,14H,1H3,(H,16,17). The summed E-state index contributed by atoms with van der Waals surface area (Å²) in [4.78, 5) is 18.5. The highest BCUT2D eigenvalue weighted by atomic mass is 35.5. The molecule has 6 heteroatoms. The van der Waals surface area contributed by atoms with Crippen molar-refractivity contribution in [3.05, 3.63) is 46.0 Å². The van der Waals surface area contributed by atoms with E-state index in [1.165, 1.54) is 12.3 Å². The normalized spacial score (nSPS) is 10.3. The van der Waals surface area contributed by atoms with Crippen molar-refractivity contribution in [3.8, 4) is 0 Å². The van der Waals surface area contributed by atoms with E-state index in [2.05, 4.69) is 15.3 Å². The summed E-state index contributed by atoms with van der Waals surface area (Å²) in [5.74, 6) is -0.314. The molecule has 0 aliphatic rings. The molecule has 0 aliphatic heterocycles. The fourth-order valence-electron chi connectivity index (χ4n) is 1.33. The van der Waals surface area contributed by atoms with Gasteiger partial charge in [-0.15, -0.1) is 0 Å². The van der Waals surface area contributed by atoms with E-state index < -0.39 is 0 Å². The fourth-order valence-corrected chi connectivity index (χ4v) is 1.64. The number of halogens is 2. The van der Waals surface area contributed by atoms with Gasteiger partial charge in [-0.05, 0) is 24.6 Å². The Morgan fingerprint density at radius 1 is 1.41 bits per heavy atom. The van der Waals surface area contributed by atoms with Crippen LogP contribution in [-0.4, -0.2) is 15.9 Å². The maximum Gasteiger partial charge on any atom is 0.272 e. The average molecular weight is 270 g/mol. The predicted molar refractivity (Wildman–Crippen MR) is 67.7 cm³/mol. The highest BCUT2D eigenvalue weighted by Crippen LogP contribution is 2.20. The van der Waals surface area contributed by atoms with E-state index in [1.54, 1.807) is 12.3 Å². The topological polar surface area (TPSA) is 57.8 Å². The molecule has 2 rings (SSSR count). The number of nitrogens with zero attached hydrogens (tertiary/aromatic N) is 1. The molecule has 0 spiro atoms. The predicted octanol–water partition coefficient (Wildman–Crippen LogP) is 3.28. The van der Waals surface area contributed by atoms with E-state index in [-0.39, 0.29) is 11.1 Å². The summed E-state index contributed by atoms with van der Waals surface area (Å²) in [7, 11) is 0. The van der Waals surface area contributed by atoms with Crippen LogP contribution in [0.2, 0.25) is 10.2 Å². The molecule has 0 aliphatic carbocycles. The Labute approximate surface area is 108 Å². The molecule has 0 aromatic carbocycles. The van der Waals surface area contributed by atoms with Gasteiger partial charge in [-0.25, -0.2) is 4.98 Å². The number of aromatic nitrogens is 2. The van der Waals surface area contributed by atoms with Crippen LogP contribution in [0.1, 0.15) is 16.1 Å². The molecule has 2 heterocycles. The lowest BCUT2D eigenvalue weighted by molar-refractivity contribution is 0.102. The second-order valence-electron chi connectivity index (χ2n) is 3.54. The van der Waals surface area contributed by atoms with Gasteiger partial charge in [-0.3, -0.25) is 4.79 Å². The number of aryl methyl sites for hydroxylation is 1. The van der Waals surface area contributed by atoms with Gasteiger partial charge in [0, 0.05) is 12.4 Å². The molecule has 0 saturated heterocycles. The van der Waals surface area contributed by atoms with Crippen LogP contribution < -0.4 is 5.32 Å². The Bertz CT molecular complexity index is 566. The number of pyridine rings is 1. The molecule has 0 saturated carbocycles. The van der Waals surface area contributed by atoms with Crippen LogP contribution in [0.5, 0.6) is 0 Å². The number of aromatic amines is 1. The fraction of sp³-hybridized carbons (Fsp3) is 0.0909. The molecule has 0 radical (unpaired) electrons. The molecule has 2 aromatic heterocycles. The second-order valence-corrected chi connectivity index (χ2v) is 4.33. The first-order valence-electron chi connectivity index (χ1n) is 4.83. The van der Waals surface area contributed by atoms with Crippen LogP contribution in [0, 0.1) is 6.92 Å². The quantitative estimate of drug-likeness (QED) is 0.823. The molecular weight excluding hydrogens is 261 g/mol. The van der Waals surface area contributed by atoms with Gasteiger partial charge in [-0.1, -0.05) is 23.2 Å². The van der Waals surface area contributed by atoms with Crippen molar-refractivity contribution in [2.24, 2.45) is 0 Å². The van der Waals surface area contributed by atoms with E-state index in [0.29, 0.717) is 16.4 Å². The van der Waals surface area contributed by atoms with Crippen molar-refractivity contribution in [2.75, 3.05) is 5.32 Å². The Morgan fingerprint density at radius 3 is 2.82 bits per heavy atom. The highest BCUT2D eigenvalue weighted by Gasteiger charge is 2.11. The Balaban J connectivity index is 2.21. The van der Waals surface area contributed by atoms with Gasteiger partial charge in [0.25, 0.3) is 5.91 Å². The summed E-state index contributed by atoms with van der Waals surface area (Å²) >= 11 is 11.6. The molecule has 2 N–H and O–H groups in total. The molecule has 1 amide bonds. The molecule has 0 bridgehead atoms. The number of hydrogen-bond acceptors (Lipinski definition) is 2. The van der Waals surface area contributed by atoms with Crippen LogP contribution in [0.25, 0.3) is 0 Å². The van der Waals surface area contributed by atoms with Gasteiger partial charge < -0.3 is 10.3 Å². The summed E-state index contributed by atoms with van der Waals surface area (Å²) in [6, 6.07) is 3.28. The Hall–Kier alpha value is -1.52. The minimum atomic E-state index is -0.314. The third-order valence-corrected chi connectivity index (χ3v) is 2.64. The van der Waals surface area contributed by atoms with Crippen LogP contribution >= 0.6 is 23.2 Å². The van der Waals surface area contributed by atoms with Gasteiger partial charge in [0.2, 0.25) is 0 Å². The first-order chi connectivity index (χ1) is 8.06. The third-order valence-electron chi connectivity index (χ3n) is 2.12. The Kier molecular flexibility index (Phi) is 3.36. The van der Waals surface area contributed by atoms with Crippen molar-refractivity contribution in [3.63, 3.8) is 0 Å². The number of hydrogen-bond donors (Lipinski definition) is 2. The molecule has 0 atom stereocenters. The third kappa shape index (κ3) is 2.78. The highest BCUT2D eigenvalue weighted by molar-refractivity contribution is 6.33. The maximum absolute atomic E-state index is 11.8. The SMILES string of the molecule is Cc1cnc(Cl)c(NC(=O)c2cc(Cl)c[nH]2)c1. The number of anilines is 1. The molecular formula is C11H9Cl2N3O. The number of amides is 1. The van der Waals surface area contributed by atoms with Crippen LogP contribution in [-0.2, 0) is 0 Å². The number of rotatable bonds is 2. The lowest BCUT2D eigenvalue weighted by Crippen LogP contribution is -2.12. The zero-order valence-corrected chi connectivity index (χ0v) is 10.4. The van der Waals surface area contributed by atoms with Crippen molar-refractivity contribution in [1.82, 2.24) is 9.97 Å². The molecule has 88 valence electrons. The van der Waals surface area contributed by atoms with E-state index >= 15 is 0 Å². The van der Waals surface area contributed by atoms with Gasteiger partial charge in [0.05, 0.1) is 10.7 Å². The first-order valence-corrected chi connectivity index (χ1v) is 5.59. The average Bonchev–Trinajstić information content (AvgIpc) is 2.70. The summed E-state index contributed by atoms with van der Waals surface area (Å²) in [5.41, 5.74) is 1.75. The van der Waals surface area contributed by atoms with Crippen molar-refractivity contribution in [1.29, 1.82) is 0 Å². The van der Waals surface area contributed by atoms with Crippen LogP contribution in [0.15, 0.2) is 24.5 Å². The largest absolute Gasteiger partial charge is 0.356 e. The van der Waals surface area contributed by atoms with Crippen LogP contribution in [0.3, 0.4) is 0 Å². The lowest BCUT2D eigenvalue weighted by atomic mass is 10.3. The minimum absolute atomic E-state index is 0.251. The van der Waals surface area contributed by atoms with E-state index in [0.717, 1.165) is 5.56 Å². The van der Waals surface area contributed by atoms with Crippen molar-refractivity contribution < 1.29 is 4.79 Å².